The average molecular weight is 360 g/mol. The molecule has 0 amide bonds. The van der Waals surface area contributed by atoms with Gasteiger partial charge in [-0.3, -0.25) is 9.48 Å². The van der Waals surface area contributed by atoms with Crippen molar-refractivity contribution in [3.8, 4) is 17.1 Å². The number of aromatic nitrogens is 3. The fourth-order valence-corrected chi connectivity index (χ4v) is 2.66. The first-order valence-electron chi connectivity index (χ1n) is 7.55. The van der Waals surface area contributed by atoms with Crippen LogP contribution in [0.25, 0.3) is 11.4 Å². The van der Waals surface area contributed by atoms with E-state index in [1.165, 1.54) is 19.1 Å². The number of benzene rings is 2. The fraction of sp³-hybridized carbons (Fsp3) is 0.167. The number of hydrogen-bond acceptors (Lipinski definition) is 4. The van der Waals surface area contributed by atoms with Crippen molar-refractivity contribution in [2.24, 2.45) is 7.05 Å². The van der Waals surface area contributed by atoms with Crippen LogP contribution < -0.4 is 4.74 Å². The zero-order valence-corrected chi connectivity index (χ0v) is 14.4. The summed E-state index contributed by atoms with van der Waals surface area (Å²) < 4.78 is 20.6. The second kappa shape index (κ2) is 7.03. The summed E-state index contributed by atoms with van der Waals surface area (Å²) in [6, 6.07) is 11.6. The standard InChI is InChI=1S/C18H15ClFN3O2/c1-11(24)25-13-8-6-12(7-9-13)10-16-21-18(22-23(16)2)17-14(19)4-3-5-15(17)20/h3-9H,10H2,1-2H3. The molecule has 7 heteroatoms. The predicted molar refractivity (Wildman–Crippen MR) is 92.0 cm³/mol. The lowest BCUT2D eigenvalue weighted by Crippen LogP contribution is -2.02. The van der Waals surface area contributed by atoms with Gasteiger partial charge in [-0.25, -0.2) is 9.37 Å². The molecule has 25 heavy (non-hydrogen) atoms. The van der Waals surface area contributed by atoms with Crippen LogP contribution in [-0.2, 0) is 18.3 Å². The summed E-state index contributed by atoms with van der Waals surface area (Å²) in [4.78, 5) is 15.4. The molecule has 0 spiro atoms. The van der Waals surface area contributed by atoms with Crippen LogP contribution in [-0.4, -0.2) is 20.7 Å². The number of carbonyl (C=O) groups excluding carboxylic acids is 1. The molecule has 5 nitrogen and oxygen atoms in total. The van der Waals surface area contributed by atoms with Crippen molar-refractivity contribution in [3.05, 3.63) is 64.7 Å². The van der Waals surface area contributed by atoms with Crippen molar-refractivity contribution in [2.75, 3.05) is 0 Å². The van der Waals surface area contributed by atoms with Crippen LogP contribution in [0.3, 0.4) is 0 Å². The Balaban J connectivity index is 1.85. The molecule has 128 valence electrons. The van der Waals surface area contributed by atoms with Crippen molar-refractivity contribution in [1.82, 2.24) is 14.8 Å². The molecule has 0 atom stereocenters. The highest BCUT2D eigenvalue weighted by atomic mass is 35.5. The Labute approximate surface area is 149 Å². The molecule has 1 heterocycles. The van der Waals surface area contributed by atoms with Gasteiger partial charge in [0.1, 0.15) is 17.4 Å². The smallest absolute Gasteiger partial charge is 0.308 e. The Morgan fingerprint density at radius 2 is 1.96 bits per heavy atom. The molecule has 3 rings (SSSR count). The maximum Gasteiger partial charge on any atom is 0.308 e. The quantitative estimate of drug-likeness (QED) is 0.525. The third-order valence-corrected chi connectivity index (χ3v) is 3.90. The summed E-state index contributed by atoms with van der Waals surface area (Å²) in [5.74, 6) is 0.558. The lowest BCUT2D eigenvalue weighted by Gasteiger charge is -2.03. The molecule has 0 radical (unpaired) electrons. The number of nitrogens with zero attached hydrogens (tertiary/aromatic N) is 3. The van der Waals surface area contributed by atoms with Gasteiger partial charge in [0.2, 0.25) is 0 Å². The Morgan fingerprint density at radius 1 is 1.24 bits per heavy atom. The van der Waals surface area contributed by atoms with E-state index in [9.17, 15) is 9.18 Å². The van der Waals surface area contributed by atoms with E-state index >= 15 is 0 Å². The molecule has 0 bridgehead atoms. The van der Waals surface area contributed by atoms with Gasteiger partial charge < -0.3 is 4.74 Å². The van der Waals surface area contributed by atoms with Crippen LogP contribution in [0, 0.1) is 5.82 Å². The number of halogens is 2. The third kappa shape index (κ3) is 3.85. The van der Waals surface area contributed by atoms with E-state index in [1.54, 1.807) is 29.9 Å². The minimum atomic E-state index is -0.463. The molecule has 0 saturated carbocycles. The van der Waals surface area contributed by atoms with Crippen molar-refractivity contribution in [2.45, 2.75) is 13.3 Å². The molecular formula is C18H15ClFN3O2. The van der Waals surface area contributed by atoms with Crippen molar-refractivity contribution in [1.29, 1.82) is 0 Å². The Morgan fingerprint density at radius 3 is 2.60 bits per heavy atom. The highest BCUT2D eigenvalue weighted by molar-refractivity contribution is 6.33. The maximum atomic E-state index is 14.0. The lowest BCUT2D eigenvalue weighted by molar-refractivity contribution is -0.131. The first kappa shape index (κ1) is 17.1. The molecule has 0 unspecified atom stereocenters. The van der Waals surface area contributed by atoms with Gasteiger partial charge in [-0.1, -0.05) is 29.8 Å². The minimum absolute atomic E-state index is 0.191. The van der Waals surface area contributed by atoms with Gasteiger partial charge in [0.25, 0.3) is 0 Å². The van der Waals surface area contributed by atoms with Crippen LogP contribution in [0.5, 0.6) is 5.75 Å². The topological polar surface area (TPSA) is 57.0 Å². The van der Waals surface area contributed by atoms with E-state index in [0.717, 1.165) is 5.56 Å². The molecule has 0 saturated heterocycles. The van der Waals surface area contributed by atoms with E-state index in [4.69, 9.17) is 16.3 Å². The number of rotatable bonds is 4. The normalized spacial score (nSPS) is 10.7. The van der Waals surface area contributed by atoms with Crippen LogP contribution in [0.2, 0.25) is 5.02 Å². The lowest BCUT2D eigenvalue weighted by atomic mass is 10.1. The number of hydrogen-bond donors (Lipinski definition) is 0. The first-order chi connectivity index (χ1) is 11.9. The summed E-state index contributed by atoms with van der Waals surface area (Å²) in [5.41, 5.74) is 1.15. The summed E-state index contributed by atoms with van der Waals surface area (Å²) in [7, 11) is 1.74. The highest BCUT2D eigenvalue weighted by Crippen LogP contribution is 2.28. The highest BCUT2D eigenvalue weighted by Gasteiger charge is 2.16. The van der Waals surface area contributed by atoms with Gasteiger partial charge in [0, 0.05) is 20.4 Å². The van der Waals surface area contributed by atoms with E-state index in [1.807, 2.05) is 12.1 Å². The number of aryl methyl sites for hydroxylation is 1. The van der Waals surface area contributed by atoms with Gasteiger partial charge in [-0.2, -0.15) is 5.10 Å². The van der Waals surface area contributed by atoms with E-state index in [0.29, 0.717) is 18.0 Å². The van der Waals surface area contributed by atoms with Gasteiger partial charge in [-0.15, -0.1) is 0 Å². The van der Waals surface area contributed by atoms with E-state index in [-0.39, 0.29) is 22.4 Å². The Hall–Kier alpha value is -2.73. The van der Waals surface area contributed by atoms with Crippen LogP contribution in [0.4, 0.5) is 4.39 Å². The molecule has 0 aliphatic heterocycles. The predicted octanol–water partition coefficient (Wildman–Crippen LogP) is 3.79. The third-order valence-electron chi connectivity index (χ3n) is 3.59. The van der Waals surface area contributed by atoms with Crippen LogP contribution in [0.15, 0.2) is 42.5 Å². The summed E-state index contributed by atoms with van der Waals surface area (Å²) in [6.07, 6.45) is 0.496. The zero-order valence-electron chi connectivity index (χ0n) is 13.7. The molecular weight excluding hydrogens is 345 g/mol. The molecule has 0 N–H and O–H groups in total. The number of ether oxygens (including phenoxy) is 1. The largest absolute Gasteiger partial charge is 0.427 e. The molecule has 0 fully saturated rings. The molecule has 3 aromatic rings. The first-order valence-corrected chi connectivity index (χ1v) is 7.93. The maximum absolute atomic E-state index is 14.0. The van der Waals surface area contributed by atoms with Crippen molar-refractivity contribution >= 4 is 17.6 Å². The SMILES string of the molecule is CC(=O)Oc1ccc(Cc2nc(-c3c(F)cccc3Cl)nn2C)cc1. The molecule has 1 aromatic heterocycles. The van der Waals surface area contributed by atoms with Crippen LogP contribution >= 0.6 is 11.6 Å². The monoisotopic (exact) mass is 359 g/mol. The van der Waals surface area contributed by atoms with Gasteiger partial charge in [0.05, 0.1) is 10.6 Å². The van der Waals surface area contributed by atoms with Crippen LogP contribution in [0.1, 0.15) is 18.3 Å². The van der Waals surface area contributed by atoms with Gasteiger partial charge >= 0.3 is 5.97 Å². The number of carbonyl (C=O) groups is 1. The van der Waals surface area contributed by atoms with E-state index in [2.05, 4.69) is 10.1 Å². The summed E-state index contributed by atoms with van der Waals surface area (Å²) >= 11 is 6.07. The molecule has 0 aliphatic rings. The Bertz CT molecular complexity index is 902. The minimum Gasteiger partial charge on any atom is -0.427 e. The summed E-state index contributed by atoms with van der Waals surface area (Å²) in [6.45, 7) is 1.35. The zero-order chi connectivity index (χ0) is 18.0. The fourth-order valence-electron chi connectivity index (χ4n) is 2.41. The van der Waals surface area contributed by atoms with Gasteiger partial charge in [0.15, 0.2) is 5.82 Å². The second-order valence-electron chi connectivity index (χ2n) is 5.49. The van der Waals surface area contributed by atoms with Crippen molar-refractivity contribution in [3.63, 3.8) is 0 Å². The summed E-state index contributed by atoms with van der Waals surface area (Å²) in [5, 5.41) is 4.53. The van der Waals surface area contributed by atoms with E-state index < -0.39 is 5.82 Å². The molecule has 2 aromatic carbocycles. The second-order valence-corrected chi connectivity index (χ2v) is 5.89. The van der Waals surface area contributed by atoms with Gasteiger partial charge in [-0.05, 0) is 29.8 Å². The average Bonchev–Trinajstić information content (AvgIpc) is 2.89. The molecule has 0 aliphatic carbocycles. The Kier molecular flexibility index (Phi) is 4.81. The van der Waals surface area contributed by atoms with Crippen molar-refractivity contribution < 1.29 is 13.9 Å². The number of esters is 1.